The van der Waals surface area contributed by atoms with Crippen LogP contribution in [0.1, 0.15) is 17.3 Å². The van der Waals surface area contributed by atoms with Gasteiger partial charge in [0.15, 0.2) is 5.78 Å². The van der Waals surface area contributed by atoms with E-state index < -0.39 is 6.10 Å². The zero-order valence-electron chi connectivity index (χ0n) is 9.47. The van der Waals surface area contributed by atoms with Crippen molar-refractivity contribution in [2.24, 2.45) is 0 Å². The van der Waals surface area contributed by atoms with Gasteiger partial charge in [0, 0.05) is 23.3 Å². The molecule has 0 heterocycles. The second-order valence-corrected chi connectivity index (χ2v) is 4.60. The summed E-state index contributed by atoms with van der Waals surface area (Å²) in [6, 6.07) is 7.41. The normalized spacial score (nSPS) is 12.4. The van der Waals surface area contributed by atoms with E-state index in [-0.39, 0.29) is 5.78 Å². The molecular weight excluding hydrogens is 224 g/mol. The van der Waals surface area contributed by atoms with Gasteiger partial charge < -0.3 is 9.84 Å². The van der Waals surface area contributed by atoms with Crippen LogP contribution in [0.15, 0.2) is 29.2 Å². The summed E-state index contributed by atoms with van der Waals surface area (Å²) in [5.74, 6) is 0.620. The first-order chi connectivity index (χ1) is 7.63. The van der Waals surface area contributed by atoms with E-state index in [9.17, 15) is 9.90 Å². The summed E-state index contributed by atoms with van der Waals surface area (Å²) >= 11 is 1.52. The van der Waals surface area contributed by atoms with E-state index >= 15 is 0 Å². The predicted molar refractivity (Wildman–Crippen MR) is 65.1 cm³/mol. The van der Waals surface area contributed by atoms with Crippen molar-refractivity contribution in [3.8, 4) is 0 Å². The number of benzene rings is 1. The number of aliphatic hydroxyl groups is 1. The Kier molecular flexibility index (Phi) is 5.52. The third-order valence-corrected chi connectivity index (χ3v) is 3.18. The third kappa shape index (κ3) is 4.35. The maximum Gasteiger partial charge on any atom is 0.159 e. The van der Waals surface area contributed by atoms with Crippen LogP contribution in [-0.2, 0) is 4.74 Å². The van der Waals surface area contributed by atoms with Crippen molar-refractivity contribution in [2.75, 3.05) is 19.5 Å². The molecule has 1 atom stereocenters. The fraction of sp³-hybridized carbons (Fsp3) is 0.417. The summed E-state index contributed by atoms with van der Waals surface area (Å²) in [6.07, 6.45) is -0.476. The Labute approximate surface area is 99.8 Å². The smallest absolute Gasteiger partial charge is 0.159 e. The quantitative estimate of drug-likeness (QED) is 0.610. The Morgan fingerprint density at radius 1 is 1.56 bits per heavy atom. The molecule has 1 aromatic rings. The minimum Gasteiger partial charge on any atom is -0.390 e. The molecule has 3 nitrogen and oxygen atoms in total. The lowest BCUT2D eigenvalue weighted by molar-refractivity contribution is 0.0794. The number of thioether (sulfide) groups is 1. The molecule has 1 aromatic carbocycles. The lowest BCUT2D eigenvalue weighted by Gasteiger charge is -2.09. The number of aliphatic hydroxyl groups excluding tert-OH is 1. The minimum absolute atomic E-state index is 0.0555. The predicted octanol–water partition coefficient (Wildman–Crippen LogP) is 1.99. The second-order valence-electron chi connectivity index (χ2n) is 3.50. The largest absolute Gasteiger partial charge is 0.390 e. The molecule has 0 amide bonds. The van der Waals surface area contributed by atoms with Crippen LogP contribution in [0.3, 0.4) is 0 Å². The van der Waals surface area contributed by atoms with Gasteiger partial charge in [0.2, 0.25) is 0 Å². The third-order valence-electron chi connectivity index (χ3n) is 2.04. The number of carbonyl (C=O) groups is 1. The van der Waals surface area contributed by atoms with Gasteiger partial charge >= 0.3 is 0 Å². The van der Waals surface area contributed by atoms with Gasteiger partial charge in [-0.15, -0.1) is 11.8 Å². The van der Waals surface area contributed by atoms with E-state index in [1.165, 1.54) is 11.8 Å². The molecule has 1 unspecified atom stereocenters. The van der Waals surface area contributed by atoms with Gasteiger partial charge in [-0.05, 0) is 19.1 Å². The van der Waals surface area contributed by atoms with Crippen molar-refractivity contribution in [2.45, 2.75) is 17.9 Å². The summed E-state index contributed by atoms with van der Waals surface area (Å²) in [6.45, 7) is 1.88. The highest BCUT2D eigenvalue weighted by Crippen LogP contribution is 2.20. The Hall–Kier alpha value is -0.840. The first kappa shape index (κ1) is 13.2. The maximum absolute atomic E-state index is 11.2. The second kappa shape index (κ2) is 6.68. The molecule has 1 N–H and O–H groups in total. The molecule has 0 fully saturated rings. The number of carbonyl (C=O) groups excluding carboxylic acids is 1. The highest BCUT2D eigenvalue weighted by molar-refractivity contribution is 7.99. The Morgan fingerprint density at radius 3 is 2.94 bits per heavy atom. The zero-order chi connectivity index (χ0) is 12.0. The fourth-order valence-corrected chi connectivity index (χ4v) is 2.10. The molecule has 0 bridgehead atoms. The number of ether oxygens (including phenoxy) is 1. The van der Waals surface area contributed by atoms with Crippen LogP contribution in [0.5, 0.6) is 0 Å². The number of methoxy groups -OCH3 is 1. The maximum atomic E-state index is 11.2. The van der Waals surface area contributed by atoms with Gasteiger partial charge in [-0.1, -0.05) is 12.1 Å². The molecule has 0 aliphatic rings. The van der Waals surface area contributed by atoms with E-state index in [1.807, 2.05) is 18.2 Å². The van der Waals surface area contributed by atoms with Crippen molar-refractivity contribution in [1.29, 1.82) is 0 Å². The van der Waals surface area contributed by atoms with Gasteiger partial charge in [0.05, 0.1) is 12.7 Å². The van der Waals surface area contributed by atoms with Crippen molar-refractivity contribution < 1.29 is 14.6 Å². The summed E-state index contributed by atoms with van der Waals surface area (Å²) in [4.78, 5) is 12.1. The SMILES string of the molecule is COCC(O)CSc1cccc(C(C)=O)c1. The molecule has 0 spiro atoms. The molecule has 0 saturated heterocycles. The molecule has 0 aliphatic heterocycles. The Morgan fingerprint density at radius 2 is 2.31 bits per heavy atom. The van der Waals surface area contributed by atoms with Gasteiger partial charge in [0.1, 0.15) is 0 Å². The first-order valence-electron chi connectivity index (χ1n) is 5.04. The van der Waals surface area contributed by atoms with Crippen molar-refractivity contribution in [1.82, 2.24) is 0 Å². The standard InChI is InChI=1S/C12H16O3S/c1-9(13)10-4-3-5-12(6-10)16-8-11(14)7-15-2/h3-6,11,14H,7-8H2,1-2H3. The number of Topliss-reactive ketones (excluding diaryl/α,β-unsaturated/α-hetero) is 1. The van der Waals surface area contributed by atoms with Crippen LogP contribution in [0.25, 0.3) is 0 Å². The lowest BCUT2D eigenvalue weighted by Crippen LogP contribution is -2.16. The number of hydrogen-bond donors (Lipinski definition) is 1. The van der Waals surface area contributed by atoms with E-state index in [2.05, 4.69) is 0 Å². The molecular formula is C12H16O3S. The molecule has 88 valence electrons. The molecule has 4 heteroatoms. The summed E-state index contributed by atoms with van der Waals surface area (Å²) in [5, 5.41) is 9.48. The molecule has 1 rings (SSSR count). The van der Waals surface area contributed by atoms with E-state index in [0.717, 1.165) is 4.90 Å². The van der Waals surface area contributed by atoms with E-state index in [0.29, 0.717) is 17.9 Å². The topological polar surface area (TPSA) is 46.5 Å². The summed E-state index contributed by atoms with van der Waals surface area (Å²) in [5.41, 5.74) is 0.700. The average Bonchev–Trinajstić information content (AvgIpc) is 2.27. The highest BCUT2D eigenvalue weighted by Gasteiger charge is 2.05. The monoisotopic (exact) mass is 240 g/mol. The highest BCUT2D eigenvalue weighted by atomic mass is 32.2. The molecule has 0 saturated carbocycles. The average molecular weight is 240 g/mol. The molecule has 0 aromatic heterocycles. The summed E-state index contributed by atoms with van der Waals surface area (Å²) in [7, 11) is 1.56. The van der Waals surface area contributed by atoms with Gasteiger partial charge in [-0.2, -0.15) is 0 Å². The molecule has 0 aliphatic carbocycles. The molecule has 0 radical (unpaired) electrons. The number of ketones is 1. The van der Waals surface area contributed by atoms with E-state index in [1.54, 1.807) is 20.1 Å². The van der Waals surface area contributed by atoms with Crippen LogP contribution in [0.4, 0.5) is 0 Å². The van der Waals surface area contributed by atoms with Crippen molar-refractivity contribution in [3.05, 3.63) is 29.8 Å². The first-order valence-corrected chi connectivity index (χ1v) is 6.03. The molecule has 16 heavy (non-hydrogen) atoms. The van der Waals surface area contributed by atoms with Gasteiger partial charge in [0.25, 0.3) is 0 Å². The van der Waals surface area contributed by atoms with Crippen LogP contribution in [0.2, 0.25) is 0 Å². The fourth-order valence-electron chi connectivity index (χ4n) is 1.24. The van der Waals surface area contributed by atoms with Crippen molar-refractivity contribution in [3.63, 3.8) is 0 Å². The van der Waals surface area contributed by atoms with Crippen LogP contribution in [-0.4, -0.2) is 36.5 Å². The number of rotatable bonds is 6. The minimum atomic E-state index is -0.476. The van der Waals surface area contributed by atoms with E-state index in [4.69, 9.17) is 4.74 Å². The van der Waals surface area contributed by atoms with Crippen molar-refractivity contribution >= 4 is 17.5 Å². The van der Waals surface area contributed by atoms with Crippen LogP contribution in [0, 0.1) is 0 Å². The van der Waals surface area contributed by atoms with Crippen LogP contribution >= 0.6 is 11.8 Å². The lowest BCUT2D eigenvalue weighted by atomic mass is 10.2. The zero-order valence-corrected chi connectivity index (χ0v) is 10.3. The van der Waals surface area contributed by atoms with Gasteiger partial charge in [-0.25, -0.2) is 0 Å². The Bertz CT molecular complexity index is 352. The Balaban J connectivity index is 2.54. The van der Waals surface area contributed by atoms with Crippen LogP contribution < -0.4 is 0 Å². The summed E-state index contributed by atoms with van der Waals surface area (Å²) < 4.78 is 4.84. The number of hydrogen-bond acceptors (Lipinski definition) is 4. The van der Waals surface area contributed by atoms with Gasteiger partial charge in [-0.3, -0.25) is 4.79 Å².